The third kappa shape index (κ3) is 4.92. The molecular weight excluding hydrogens is 466 g/mol. The molecule has 2 aromatic heterocycles. The molecule has 0 fully saturated rings. The van der Waals surface area contributed by atoms with Crippen LogP contribution in [0.25, 0.3) is 11.4 Å². The maximum atomic E-state index is 13.4. The van der Waals surface area contributed by atoms with Gasteiger partial charge < -0.3 is 5.32 Å². The molecule has 0 aliphatic rings. The minimum atomic E-state index is -4.78. The zero-order valence-electron chi connectivity index (χ0n) is 17.0. The van der Waals surface area contributed by atoms with Gasteiger partial charge in [-0.1, -0.05) is 18.2 Å². The number of hydrogen-bond acceptors (Lipinski definition) is 4. The van der Waals surface area contributed by atoms with Crippen LogP contribution in [0.4, 0.5) is 26.3 Å². The molecule has 1 N–H and O–H groups in total. The van der Waals surface area contributed by atoms with Gasteiger partial charge >= 0.3 is 12.4 Å². The highest BCUT2D eigenvalue weighted by Crippen LogP contribution is 2.33. The van der Waals surface area contributed by atoms with Crippen LogP contribution in [-0.4, -0.2) is 30.5 Å². The Kier molecular flexibility index (Phi) is 5.85. The predicted octanol–water partition coefficient (Wildman–Crippen LogP) is 4.42. The maximum absolute atomic E-state index is 13.4. The molecule has 4 rings (SSSR count). The van der Waals surface area contributed by atoms with Crippen molar-refractivity contribution in [3.63, 3.8) is 0 Å². The number of carbonyl (C=O) groups excluding carboxylic acids is 1. The molecule has 13 heteroatoms. The Bertz CT molecular complexity index is 1310. The Labute approximate surface area is 187 Å². The normalized spacial score (nSPS) is 12.1. The molecule has 0 radical (unpaired) electrons. The van der Waals surface area contributed by atoms with E-state index < -0.39 is 29.4 Å². The summed E-state index contributed by atoms with van der Waals surface area (Å²) in [4.78, 5) is 16.5. The number of nitrogens with zero attached hydrogens (tertiary/aromatic N) is 5. The van der Waals surface area contributed by atoms with Gasteiger partial charge in [0.15, 0.2) is 0 Å². The molecule has 0 saturated carbocycles. The molecule has 7 nitrogen and oxygen atoms in total. The van der Waals surface area contributed by atoms with E-state index in [2.05, 4.69) is 20.5 Å². The molecule has 4 aromatic rings. The van der Waals surface area contributed by atoms with Crippen molar-refractivity contribution in [1.82, 2.24) is 29.9 Å². The average Bonchev–Trinajstić information content (AvgIpc) is 3.47. The number of aromatic nitrogens is 5. The topological polar surface area (TPSA) is 77.6 Å². The number of amides is 1. The molecule has 0 atom stereocenters. The van der Waals surface area contributed by atoms with Crippen LogP contribution in [0.3, 0.4) is 0 Å². The van der Waals surface area contributed by atoms with Gasteiger partial charge in [-0.05, 0) is 35.9 Å². The van der Waals surface area contributed by atoms with E-state index >= 15 is 0 Å². The summed E-state index contributed by atoms with van der Waals surface area (Å²) >= 11 is 0. The van der Waals surface area contributed by atoms with Gasteiger partial charge in [0.25, 0.3) is 5.91 Å². The van der Waals surface area contributed by atoms with Crippen LogP contribution in [0.1, 0.15) is 27.3 Å². The number of rotatable bonds is 5. The van der Waals surface area contributed by atoms with Gasteiger partial charge in [0.05, 0.1) is 28.7 Å². The Hall–Kier alpha value is -4.16. The fourth-order valence-electron chi connectivity index (χ4n) is 3.10. The van der Waals surface area contributed by atoms with Crippen LogP contribution in [0.5, 0.6) is 0 Å². The molecule has 0 aliphatic carbocycles. The van der Waals surface area contributed by atoms with Gasteiger partial charge in [-0.2, -0.15) is 36.5 Å². The third-order valence-electron chi connectivity index (χ3n) is 4.68. The second-order valence-corrected chi connectivity index (χ2v) is 7.07. The van der Waals surface area contributed by atoms with Gasteiger partial charge in [0.1, 0.15) is 6.33 Å². The molecule has 34 heavy (non-hydrogen) atoms. The van der Waals surface area contributed by atoms with E-state index in [4.69, 9.17) is 0 Å². The SMILES string of the molecule is O=C(NCc1cc(-n2cc(C(F)(F)F)cn2)cc(C(F)(F)F)c1)c1ncnn1-c1ccccc1. The molecule has 1 amide bonds. The van der Waals surface area contributed by atoms with E-state index in [9.17, 15) is 31.1 Å². The summed E-state index contributed by atoms with van der Waals surface area (Å²) in [5.41, 5.74) is -1.92. The van der Waals surface area contributed by atoms with Gasteiger partial charge in [-0.25, -0.2) is 14.3 Å². The first-order valence-corrected chi connectivity index (χ1v) is 9.59. The molecule has 2 aromatic carbocycles. The number of benzene rings is 2. The van der Waals surface area contributed by atoms with Crippen molar-refractivity contribution in [3.8, 4) is 11.4 Å². The number of para-hydroxylation sites is 1. The molecule has 0 unspecified atom stereocenters. The van der Waals surface area contributed by atoms with Crippen LogP contribution < -0.4 is 5.32 Å². The zero-order valence-corrected chi connectivity index (χ0v) is 17.0. The smallest absolute Gasteiger partial charge is 0.345 e. The van der Waals surface area contributed by atoms with E-state index in [0.29, 0.717) is 28.8 Å². The molecular formula is C21H14F6N6O. The number of hydrogen-bond donors (Lipinski definition) is 1. The lowest BCUT2D eigenvalue weighted by Crippen LogP contribution is -2.26. The molecule has 176 valence electrons. The Morgan fingerprint density at radius 3 is 2.24 bits per heavy atom. The highest BCUT2D eigenvalue weighted by Gasteiger charge is 2.34. The van der Waals surface area contributed by atoms with E-state index in [-0.39, 0.29) is 23.6 Å². The summed E-state index contributed by atoms with van der Waals surface area (Å²) in [6.07, 6.45) is -7.23. The molecule has 0 saturated heterocycles. The van der Waals surface area contributed by atoms with E-state index in [1.807, 2.05) is 0 Å². The van der Waals surface area contributed by atoms with Crippen molar-refractivity contribution in [1.29, 1.82) is 0 Å². The minimum Gasteiger partial charge on any atom is -0.345 e. The van der Waals surface area contributed by atoms with Crippen LogP contribution in [0.2, 0.25) is 0 Å². The summed E-state index contributed by atoms with van der Waals surface area (Å²) in [6.45, 7) is -0.356. The summed E-state index contributed by atoms with van der Waals surface area (Å²) in [5.74, 6) is -0.806. The quantitative estimate of drug-likeness (QED) is 0.429. The Morgan fingerprint density at radius 2 is 1.59 bits per heavy atom. The number of carbonyl (C=O) groups is 1. The summed E-state index contributed by atoms with van der Waals surface area (Å²) in [7, 11) is 0. The van der Waals surface area contributed by atoms with Gasteiger partial charge in [-0.3, -0.25) is 4.79 Å². The van der Waals surface area contributed by atoms with Crippen molar-refractivity contribution >= 4 is 5.91 Å². The van der Waals surface area contributed by atoms with Crippen LogP contribution in [0, 0.1) is 0 Å². The summed E-state index contributed by atoms with van der Waals surface area (Å²) < 4.78 is 80.8. The maximum Gasteiger partial charge on any atom is 0.419 e. The number of halogens is 6. The highest BCUT2D eigenvalue weighted by molar-refractivity contribution is 5.91. The number of alkyl halides is 6. The van der Waals surface area contributed by atoms with Crippen LogP contribution in [-0.2, 0) is 18.9 Å². The second-order valence-electron chi connectivity index (χ2n) is 7.07. The fourth-order valence-corrected chi connectivity index (χ4v) is 3.10. The molecule has 0 bridgehead atoms. The monoisotopic (exact) mass is 480 g/mol. The highest BCUT2D eigenvalue weighted by atomic mass is 19.4. The van der Waals surface area contributed by atoms with Crippen LogP contribution in [0.15, 0.2) is 67.3 Å². The lowest BCUT2D eigenvalue weighted by Gasteiger charge is -2.13. The van der Waals surface area contributed by atoms with Crippen molar-refractivity contribution < 1.29 is 31.1 Å². The molecule has 0 spiro atoms. The predicted molar refractivity (Wildman–Crippen MR) is 106 cm³/mol. The minimum absolute atomic E-state index is 0.00647. The molecule has 2 heterocycles. The van der Waals surface area contributed by atoms with Crippen molar-refractivity contribution in [2.75, 3.05) is 0 Å². The second kappa shape index (κ2) is 8.65. The fraction of sp³-hybridized carbons (Fsp3) is 0.143. The van der Waals surface area contributed by atoms with E-state index in [0.717, 1.165) is 12.4 Å². The standard InChI is InChI=1S/C21H14F6N6O/c22-20(23,24)14-6-13(7-17(8-14)32-11-15(10-30-32)21(25,26)27)9-28-19(34)18-29-12-31-33(18)16-4-2-1-3-5-16/h1-8,10-12H,9H2,(H,28,34). The van der Waals surface area contributed by atoms with Crippen molar-refractivity contribution in [3.05, 3.63) is 89.8 Å². The zero-order chi connectivity index (χ0) is 24.5. The first kappa shape index (κ1) is 23.0. The van der Waals surface area contributed by atoms with Crippen LogP contribution >= 0.6 is 0 Å². The van der Waals surface area contributed by atoms with Crippen molar-refractivity contribution in [2.45, 2.75) is 18.9 Å². The molecule has 0 aliphatic heterocycles. The van der Waals surface area contributed by atoms with E-state index in [1.54, 1.807) is 30.3 Å². The first-order chi connectivity index (χ1) is 16.0. The lowest BCUT2D eigenvalue weighted by atomic mass is 10.1. The Morgan fingerprint density at radius 1 is 0.882 bits per heavy atom. The summed E-state index contributed by atoms with van der Waals surface area (Å²) in [6, 6.07) is 11.2. The average molecular weight is 480 g/mol. The number of nitrogens with one attached hydrogen (secondary N) is 1. The van der Waals surface area contributed by atoms with E-state index in [1.165, 1.54) is 10.7 Å². The van der Waals surface area contributed by atoms with Crippen molar-refractivity contribution in [2.24, 2.45) is 0 Å². The van der Waals surface area contributed by atoms with Gasteiger partial charge in [0.2, 0.25) is 5.82 Å². The van der Waals surface area contributed by atoms with Gasteiger partial charge in [0, 0.05) is 12.7 Å². The first-order valence-electron chi connectivity index (χ1n) is 9.59. The summed E-state index contributed by atoms with van der Waals surface area (Å²) in [5, 5.41) is 9.95. The third-order valence-corrected chi connectivity index (χ3v) is 4.68. The largest absolute Gasteiger partial charge is 0.419 e. The Balaban J connectivity index is 1.60. The lowest BCUT2D eigenvalue weighted by molar-refractivity contribution is -0.138. The van der Waals surface area contributed by atoms with Gasteiger partial charge in [-0.15, -0.1) is 0 Å².